The normalized spacial score (nSPS) is 22.0. The molecule has 2 unspecified atom stereocenters. The lowest BCUT2D eigenvalue weighted by Gasteiger charge is -2.23. The first-order valence-corrected chi connectivity index (χ1v) is 12.7. The van der Waals surface area contributed by atoms with E-state index in [1.807, 2.05) is 50.2 Å². The number of aromatic nitrogens is 2. The highest BCUT2D eigenvalue weighted by molar-refractivity contribution is 6.00. The fourth-order valence-corrected chi connectivity index (χ4v) is 4.98. The molecule has 1 saturated heterocycles. The van der Waals surface area contributed by atoms with E-state index in [9.17, 15) is 9.90 Å². The molecule has 3 N–H and O–H groups in total. The maximum Gasteiger partial charge on any atom is 0.339 e. The smallest absolute Gasteiger partial charge is 0.339 e. The number of esters is 1. The van der Waals surface area contributed by atoms with Crippen LogP contribution in [0.5, 0.6) is 0 Å². The lowest BCUT2D eigenvalue weighted by atomic mass is 9.95. The van der Waals surface area contributed by atoms with Gasteiger partial charge < -0.3 is 30.0 Å². The predicted molar refractivity (Wildman–Crippen MR) is 141 cm³/mol. The molecule has 2 aromatic carbocycles. The number of ether oxygens (including phenoxy) is 3. The van der Waals surface area contributed by atoms with E-state index in [0.29, 0.717) is 47.7 Å². The molecule has 0 bridgehead atoms. The van der Waals surface area contributed by atoms with Crippen LogP contribution < -0.4 is 10.6 Å². The molecule has 0 spiro atoms. The molecule has 10 heteroatoms. The standard InChI is InChI=1S/C28H29N5O5/c1-28(2)20-12-17(8-9-18(20)26(35)38-28)30-27-29-13-19(25-32-21-10-11-36-15-23(21)37-25)24(33-27)31-22(14-34)16-6-4-3-5-7-16/h3-9,12-13,21-23,34H,10-11,14-15H2,1-2H3,(H2,29,30,31,33)/t21?,22-,23?/m1/s1. The van der Waals surface area contributed by atoms with Crippen molar-refractivity contribution in [2.75, 3.05) is 30.5 Å². The number of carbonyl (C=O) groups excluding carboxylic acids is 1. The Hall–Kier alpha value is -4.02. The Kier molecular flexibility index (Phi) is 6.21. The van der Waals surface area contributed by atoms with Crippen LogP contribution in [0.15, 0.2) is 59.7 Å². The molecule has 196 valence electrons. The van der Waals surface area contributed by atoms with Gasteiger partial charge >= 0.3 is 5.97 Å². The molecule has 1 fully saturated rings. The van der Waals surface area contributed by atoms with E-state index in [1.165, 1.54) is 0 Å². The van der Waals surface area contributed by atoms with Gasteiger partial charge in [-0.15, -0.1) is 0 Å². The zero-order chi connectivity index (χ0) is 26.3. The first kappa shape index (κ1) is 24.3. The molecule has 6 rings (SSSR count). The molecule has 0 aliphatic carbocycles. The second-order valence-electron chi connectivity index (χ2n) is 10.1. The Morgan fingerprint density at radius 2 is 2.00 bits per heavy atom. The predicted octanol–water partition coefficient (Wildman–Crippen LogP) is 3.71. The molecule has 0 saturated carbocycles. The summed E-state index contributed by atoms with van der Waals surface area (Å²) in [4.78, 5) is 26.2. The molecular weight excluding hydrogens is 486 g/mol. The van der Waals surface area contributed by atoms with E-state index in [1.54, 1.807) is 18.3 Å². The van der Waals surface area contributed by atoms with E-state index in [-0.39, 0.29) is 24.7 Å². The third-order valence-corrected chi connectivity index (χ3v) is 7.02. The Morgan fingerprint density at radius 3 is 2.79 bits per heavy atom. The molecule has 38 heavy (non-hydrogen) atoms. The number of nitrogens with zero attached hydrogens (tertiary/aromatic N) is 3. The number of aliphatic hydroxyl groups is 1. The first-order valence-electron chi connectivity index (χ1n) is 12.7. The molecule has 3 aromatic rings. The zero-order valence-corrected chi connectivity index (χ0v) is 21.2. The summed E-state index contributed by atoms with van der Waals surface area (Å²) in [5.41, 5.74) is 2.86. The van der Waals surface area contributed by atoms with Crippen molar-refractivity contribution in [3.63, 3.8) is 0 Å². The van der Waals surface area contributed by atoms with Crippen molar-refractivity contribution < 1.29 is 24.1 Å². The molecule has 10 nitrogen and oxygen atoms in total. The zero-order valence-electron chi connectivity index (χ0n) is 21.2. The summed E-state index contributed by atoms with van der Waals surface area (Å²) in [7, 11) is 0. The number of benzene rings is 2. The highest BCUT2D eigenvalue weighted by Crippen LogP contribution is 2.38. The van der Waals surface area contributed by atoms with Gasteiger partial charge in [0.2, 0.25) is 11.8 Å². The molecule has 3 atom stereocenters. The van der Waals surface area contributed by atoms with Gasteiger partial charge in [-0.25, -0.2) is 14.8 Å². The van der Waals surface area contributed by atoms with Gasteiger partial charge in [-0.3, -0.25) is 0 Å². The summed E-state index contributed by atoms with van der Waals surface area (Å²) in [5.74, 6) is 0.939. The average Bonchev–Trinajstić information content (AvgIpc) is 3.45. The van der Waals surface area contributed by atoms with Crippen molar-refractivity contribution in [2.45, 2.75) is 44.1 Å². The monoisotopic (exact) mass is 515 g/mol. The fraction of sp³-hybridized carbons (Fsp3) is 0.357. The number of hydrogen-bond donors (Lipinski definition) is 3. The Labute approximate surface area is 220 Å². The number of carbonyl (C=O) groups is 1. The molecule has 3 aliphatic rings. The second kappa shape index (κ2) is 9.70. The quantitative estimate of drug-likeness (QED) is 0.404. The summed E-state index contributed by atoms with van der Waals surface area (Å²) in [6, 6.07) is 14.7. The van der Waals surface area contributed by atoms with Crippen molar-refractivity contribution in [3.05, 3.63) is 77.0 Å². The van der Waals surface area contributed by atoms with Crippen LogP contribution in [0.3, 0.4) is 0 Å². The molecule has 4 heterocycles. The summed E-state index contributed by atoms with van der Waals surface area (Å²) < 4.78 is 17.2. The largest absolute Gasteiger partial charge is 0.469 e. The molecule has 1 aromatic heterocycles. The van der Waals surface area contributed by atoms with E-state index >= 15 is 0 Å². The fourth-order valence-electron chi connectivity index (χ4n) is 4.98. The van der Waals surface area contributed by atoms with Gasteiger partial charge in [0, 0.05) is 24.1 Å². The number of nitrogens with one attached hydrogen (secondary N) is 2. The van der Waals surface area contributed by atoms with E-state index in [4.69, 9.17) is 24.2 Å². The number of anilines is 3. The van der Waals surface area contributed by atoms with Gasteiger partial charge in [-0.2, -0.15) is 4.98 Å². The van der Waals surface area contributed by atoms with Crippen LogP contribution in [0.2, 0.25) is 0 Å². The van der Waals surface area contributed by atoms with Crippen LogP contribution in [0.1, 0.15) is 53.4 Å². The van der Waals surface area contributed by atoms with E-state index in [0.717, 1.165) is 17.5 Å². The van der Waals surface area contributed by atoms with Gasteiger partial charge in [0.1, 0.15) is 17.5 Å². The molecule has 0 amide bonds. The van der Waals surface area contributed by atoms with Crippen molar-refractivity contribution >= 4 is 29.3 Å². The number of fused-ring (bicyclic) bond motifs is 2. The lowest BCUT2D eigenvalue weighted by Crippen LogP contribution is -2.33. The second-order valence-corrected chi connectivity index (χ2v) is 10.1. The topological polar surface area (TPSA) is 127 Å². The van der Waals surface area contributed by atoms with Gasteiger partial charge in [0.25, 0.3) is 0 Å². The first-order chi connectivity index (χ1) is 18.4. The molecule has 0 radical (unpaired) electrons. The maximum atomic E-state index is 12.2. The Balaban J connectivity index is 1.33. The van der Waals surface area contributed by atoms with Crippen LogP contribution in [0.25, 0.3) is 0 Å². The van der Waals surface area contributed by atoms with Crippen LogP contribution in [0, 0.1) is 0 Å². The number of aliphatic hydroxyl groups excluding tert-OH is 1. The van der Waals surface area contributed by atoms with Crippen LogP contribution in [0.4, 0.5) is 17.5 Å². The summed E-state index contributed by atoms with van der Waals surface area (Å²) >= 11 is 0. The summed E-state index contributed by atoms with van der Waals surface area (Å²) in [5, 5.41) is 16.8. The summed E-state index contributed by atoms with van der Waals surface area (Å²) in [6.07, 6.45) is 2.33. The Bertz CT molecular complexity index is 1390. The third kappa shape index (κ3) is 4.57. The SMILES string of the molecule is CC1(C)OC(=O)c2ccc(Nc3ncc(C4=NC5CCOCC5O4)c(N[C@H](CO)c4ccccc4)n3)cc21. The van der Waals surface area contributed by atoms with Crippen molar-refractivity contribution in [1.29, 1.82) is 0 Å². The number of cyclic esters (lactones) is 1. The summed E-state index contributed by atoms with van der Waals surface area (Å²) in [6.45, 7) is 4.72. The minimum Gasteiger partial charge on any atom is -0.469 e. The minimum absolute atomic E-state index is 0.0341. The van der Waals surface area contributed by atoms with Gasteiger partial charge in [0.15, 0.2) is 0 Å². The molecular formula is C28H29N5O5. The molecule has 3 aliphatic heterocycles. The average molecular weight is 516 g/mol. The third-order valence-electron chi connectivity index (χ3n) is 7.02. The van der Waals surface area contributed by atoms with E-state index < -0.39 is 11.6 Å². The number of hydrogen-bond acceptors (Lipinski definition) is 10. The highest BCUT2D eigenvalue weighted by Gasteiger charge is 2.38. The minimum atomic E-state index is -0.718. The van der Waals surface area contributed by atoms with Gasteiger partial charge in [0.05, 0.1) is 36.4 Å². The van der Waals surface area contributed by atoms with Crippen LogP contribution >= 0.6 is 0 Å². The Morgan fingerprint density at radius 1 is 1.16 bits per heavy atom. The van der Waals surface area contributed by atoms with Crippen molar-refractivity contribution in [1.82, 2.24) is 9.97 Å². The van der Waals surface area contributed by atoms with Gasteiger partial charge in [-0.05, 0) is 44.0 Å². The van der Waals surface area contributed by atoms with E-state index in [2.05, 4.69) is 15.6 Å². The van der Waals surface area contributed by atoms with Gasteiger partial charge in [-0.1, -0.05) is 30.3 Å². The van der Waals surface area contributed by atoms with Crippen molar-refractivity contribution in [3.8, 4) is 0 Å². The highest BCUT2D eigenvalue weighted by atomic mass is 16.6. The number of aliphatic imine (C=N–C) groups is 1. The van der Waals surface area contributed by atoms with Crippen molar-refractivity contribution in [2.24, 2.45) is 4.99 Å². The number of rotatable bonds is 7. The maximum absolute atomic E-state index is 12.2. The lowest BCUT2D eigenvalue weighted by molar-refractivity contribution is 0.00391. The van der Waals surface area contributed by atoms with Crippen LogP contribution in [-0.4, -0.2) is 58.9 Å². The van der Waals surface area contributed by atoms with Crippen LogP contribution in [-0.2, 0) is 19.8 Å².